The Morgan fingerprint density at radius 3 is 2.18 bits per heavy atom. The summed E-state index contributed by atoms with van der Waals surface area (Å²) in [5.74, 6) is 0.996. The molecule has 0 radical (unpaired) electrons. The summed E-state index contributed by atoms with van der Waals surface area (Å²) in [6, 6.07) is 1.91. The summed E-state index contributed by atoms with van der Waals surface area (Å²) in [6.07, 6.45) is 5.88. The van der Waals surface area contributed by atoms with Crippen LogP contribution in [0.15, 0.2) is 0 Å². The fourth-order valence-corrected chi connectivity index (χ4v) is 3.06. The second kappa shape index (κ2) is 2.78. The highest BCUT2D eigenvalue weighted by Crippen LogP contribution is 2.37. The summed E-state index contributed by atoms with van der Waals surface area (Å²) in [6.45, 7) is 6.00. The molecular weight excluding hydrogens is 134 g/mol. The SMILES string of the molecule is CCN1C2CCC1CC(C)C2. The number of fused-ring (bicyclic) bond motifs is 2. The van der Waals surface area contributed by atoms with Gasteiger partial charge in [0.25, 0.3) is 0 Å². The predicted octanol–water partition coefficient (Wildman–Crippen LogP) is 2.27. The van der Waals surface area contributed by atoms with Gasteiger partial charge in [-0.2, -0.15) is 0 Å². The van der Waals surface area contributed by atoms with E-state index in [-0.39, 0.29) is 0 Å². The van der Waals surface area contributed by atoms with Crippen LogP contribution in [0, 0.1) is 5.92 Å². The van der Waals surface area contributed by atoms with Crippen molar-refractivity contribution in [3.05, 3.63) is 0 Å². The quantitative estimate of drug-likeness (QED) is 0.558. The Balaban J connectivity index is 2.06. The van der Waals surface area contributed by atoms with Crippen LogP contribution in [-0.2, 0) is 0 Å². The van der Waals surface area contributed by atoms with Gasteiger partial charge in [-0.1, -0.05) is 13.8 Å². The van der Waals surface area contributed by atoms with Crippen molar-refractivity contribution < 1.29 is 0 Å². The Morgan fingerprint density at radius 2 is 1.73 bits per heavy atom. The van der Waals surface area contributed by atoms with Crippen LogP contribution in [0.2, 0.25) is 0 Å². The average molecular weight is 153 g/mol. The maximum Gasteiger partial charge on any atom is 0.0101 e. The summed E-state index contributed by atoms with van der Waals surface area (Å²) < 4.78 is 0. The van der Waals surface area contributed by atoms with E-state index < -0.39 is 0 Å². The van der Waals surface area contributed by atoms with Crippen molar-refractivity contribution in [1.29, 1.82) is 0 Å². The Labute approximate surface area is 69.8 Å². The first kappa shape index (κ1) is 7.60. The zero-order valence-electron chi connectivity index (χ0n) is 7.71. The molecule has 0 spiro atoms. The molecule has 0 amide bonds. The first-order chi connectivity index (χ1) is 5.31. The lowest BCUT2D eigenvalue weighted by Gasteiger charge is -2.36. The first-order valence-electron chi connectivity index (χ1n) is 5.07. The maximum absolute atomic E-state index is 2.72. The van der Waals surface area contributed by atoms with Crippen LogP contribution in [0.5, 0.6) is 0 Å². The fraction of sp³-hybridized carbons (Fsp3) is 1.00. The van der Waals surface area contributed by atoms with E-state index in [1.165, 1.54) is 32.2 Å². The van der Waals surface area contributed by atoms with Crippen LogP contribution in [0.25, 0.3) is 0 Å². The lowest BCUT2D eigenvalue weighted by molar-refractivity contribution is 0.117. The maximum atomic E-state index is 2.72. The molecule has 2 bridgehead atoms. The van der Waals surface area contributed by atoms with Gasteiger partial charge < -0.3 is 0 Å². The van der Waals surface area contributed by atoms with E-state index in [9.17, 15) is 0 Å². The lowest BCUT2D eigenvalue weighted by Crippen LogP contribution is -2.41. The predicted molar refractivity (Wildman–Crippen MR) is 47.6 cm³/mol. The molecule has 2 heterocycles. The molecule has 0 aromatic rings. The normalized spacial score (nSPS) is 44.7. The molecule has 2 rings (SSSR count). The molecule has 1 nitrogen and oxygen atoms in total. The van der Waals surface area contributed by atoms with Crippen LogP contribution >= 0.6 is 0 Å². The number of hydrogen-bond donors (Lipinski definition) is 0. The van der Waals surface area contributed by atoms with E-state index in [1.54, 1.807) is 0 Å². The van der Waals surface area contributed by atoms with Crippen molar-refractivity contribution in [1.82, 2.24) is 4.90 Å². The smallest absolute Gasteiger partial charge is 0.0101 e. The van der Waals surface area contributed by atoms with Gasteiger partial charge in [-0.05, 0) is 38.1 Å². The van der Waals surface area contributed by atoms with Gasteiger partial charge in [0.1, 0.15) is 0 Å². The van der Waals surface area contributed by atoms with Crippen LogP contribution in [0.1, 0.15) is 39.5 Å². The molecule has 0 saturated carbocycles. The van der Waals surface area contributed by atoms with Crippen molar-refractivity contribution in [2.24, 2.45) is 5.92 Å². The summed E-state index contributed by atoms with van der Waals surface area (Å²) in [5.41, 5.74) is 0. The number of rotatable bonds is 1. The molecule has 2 saturated heterocycles. The Morgan fingerprint density at radius 1 is 1.18 bits per heavy atom. The van der Waals surface area contributed by atoms with E-state index in [0.29, 0.717) is 0 Å². The molecule has 0 N–H and O–H groups in total. The van der Waals surface area contributed by atoms with Gasteiger partial charge in [-0.3, -0.25) is 4.90 Å². The van der Waals surface area contributed by atoms with Gasteiger partial charge in [0.15, 0.2) is 0 Å². The zero-order valence-corrected chi connectivity index (χ0v) is 7.71. The van der Waals surface area contributed by atoms with Gasteiger partial charge in [0.05, 0.1) is 0 Å². The summed E-state index contributed by atoms with van der Waals surface area (Å²) in [7, 11) is 0. The van der Waals surface area contributed by atoms with Crippen molar-refractivity contribution in [2.45, 2.75) is 51.6 Å². The largest absolute Gasteiger partial charge is 0.298 e. The Hall–Kier alpha value is -0.0400. The summed E-state index contributed by atoms with van der Waals surface area (Å²) >= 11 is 0. The minimum absolute atomic E-state index is 0.953. The van der Waals surface area contributed by atoms with E-state index in [1.807, 2.05) is 0 Å². The molecular formula is C10H19N. The van der Waals surface area contributed by atoms with Crippen LogP contribution < -0.4 is 0 Å². The highest BCUT2D eigenvalue weighted by Gasteiger charge is 2.37. The van der Waals surface area contributed by atoms with Gasteiger partial charge >= 0.3 is 0 Å². The molecule has 64 valence electrons. The van der Waals surface area contributed by atoms with Crippen LogP contribution in [0.4, 0.5) is 0 Å². The Kier molecular flexibility index (Phi) is 1.92. The third-order valence-electron chi connectivity index (χ3n) is 3.49. The molecule has 0 aromatic carbocycles. The molecule has 2 unspecified atom stereocenters. The lowest BCUT2D eigenvalue weighted by atomic mass is 9.92. The van der Waals surface area contributed by atoms with Gasteiger partial charge in [0.2, 0.25) is 0 Å². The number of nitrogens with zero attached hydrogens (tertiary/aromatic N) is 1. The zero-order chi connectivity index (χ0) is 7.84. The van der Waals surface area contributed by atoms with E-state index in [2.05, 4.69) is 18.7 Å². The van der Waals surface area contributed by atoms with Gasteiger partial charge in [-0.15, -0.1) is 0 Å². The summed E-state index contributed by atoms with van der Waals surface area (Å²) in [4.78, 5) is 2.72. The van der Waals surface area contributed by atoms with Gasteiger partial charge in [-0.25, -0.2) is 0 Å². The first-order valence-corrected chi connectivity index (χ1v) is 5.07. The monoisotopic (exact) mass is 153 g/mol. The molecule has 11 heavy (non-hydrogen) atoms. The minimum Gasteiger partial charge on any atom is -0.298 e. The Bertz CT molecular complexity index is 130. The number of hydrogen-bond acceptors (Lipinski definition) is 1. The molecule has 2 aliphatic heterocycles. The molecule has 0 aliphatic carbocycles. The third-order valence-corrected chi connectivity index (χ3v) is 3.49. The van der Waals surface area contributed by atoms with Crippen molar-refractivity contribution in [3.63, 3.8) is 0 Å². The number of piperidine rings is 1. The topological polar surface area (TPSA) is 3.24 Å². The standard InChI is InChI=1S/C10H19N/c1-3-11-9-4-5-10(11)7-8(2)6-9/h8-10H,3-7H2,1-2H3. The van der Waals surface area contributed by atoms with Crippen molar-refractivity contribution in [3.8, 4) is 0 Å². The second-order valence-corrected chi connectivity index (χ2v) is 4.29. The molecule has 2 aliphatic rings. The van der Waals surface area contributed by atoms with Crippen LogP contribution in [0.3, 0.4) is 0 Å². The second-order valence-electron chi connectivity index (χ2n) is 4.29. The van der Waals surface area contributed by atoms with E-state index >= 15 is 0 Å². The molecule has 1 heteroatoms. The summed E-state index contributed by atoms with van der Waals surface area (Å²) in [5, 5.41) is 0. The highest BCUT2D eigenvalue weighted by atomic mass is 15.2. The van der Waals surface area contributed by atoms with E-state index in [0.717, 1.165) is 18.0 Å². The molecule has 2 atom stereocenters. The molecule has 0 aromatic heterocycles. The average Bonchev–Trinajstić information content (AvgIpc) is 2.23. The van der Waals surface area contributed by atoms with Crippen molar-refractivity contribution in [2.75, 3.05) is 6.54 Å². The molecule has 2 fully saturated rings. The van der Waals surface area contributed by atoms with Crippen molar-refractivity contribution >= 4 is 0 Å². The minimum atomic E-state index is 0.953. The van der Waals surface area contributed by atoms with Crippen LogP contribution in [-0.4, -0.2) is 23.5 Å². The third kappa shape index (κ3) is 1.20. The fourth-order valence-electron chi connectivity index (χ4n) is 3.06. The van der Waals surface area contributed by atoms with Gasteiger partial charge in [0, 0.05) is 12.1 Å². The van der Waals surface area contributed by atoms with E-state index in [4.69, 9.17) is 0 Å². The highest BCUT2D eigenvalue weighted by molar-refractivity contribution is 4.93.